The fraction of sp³-hybridized carbons (Fsp3) is 0.375. The van der Waals surface area contributed by atoms with Crippen LogP contribution in [-0.4, -0.2) is 9.97 Å². The summed E-state index contributed by atoms with van der Waals surface area (Å²) in [5, 5.41) is 0. The molecule has 1 aliphatic rings. The lowest BCUT2D eigenvalue weighted by atomic mass is 9.92. The number of nitrogens with two attached hydrogens (primary N) is 1. The van der Waals surface area contributed by atoms with Crippen LogP contribution >= 0.6 is 0 Å². The van der Waals surface area contributed by atoms with Gasteiger partial charge >= 0.3 is 6.01 Å². The van der Waals surface area contributed by atoms with Gasteiger partial charge < -0.3 is 10.5 Å². The molecule has 0 saturated carbocycles. The van der Waals surface area contributed by atoms with E-state index in [4.69, 9.17) is 10.5 Å². The van der Waals surface area contributed by atoms with Crippen LogP contribution in [0, 0.1) is 6.92 Å². The maximum atomic E-state index is 5.76. The molecule has 0 fully saturated rings. The van der Waals surface area contributed by atoms with Crippen molar-refractivity contribution in [3.8, 4) is 11.8 Å². The largest absolute Gasteiger partial charge is 0.424 e. The Morgan fingerprint density at radius 2 is 2.00 bits per heavy atom. The first-order valence-electron chi connectivity index (χ1n) is 7.08. The maximum Gasteiger partial charge on any atom is 0.322 e. The molecule has 1 heterocycles. The zero-order chi connectivity index (χ0) is 13.9. The molecule has 1 aromatic heterocycles. The van der Waals surface area contributed by atoms with Crippen molar-refractivity contribution in [3.63, 3.8) is 0 Å². The summed E-state index contributed by atoms with van der Waals surface area (Å²) in [6.45, 7) is 2.37. The lowest BCUT2D eigenvalue weighted by molar-refractivity contribution is 0.438. The number of nitrogens with zero attached hydrogens (tertiary/aromatic N) is 2. The third-order valence-corrected chi connectivity index (χ3v) is 3.81. The summed E-state index contributed by atoms with van der Waals surface area (Å²) in [7, 11) is 0. The van der Waals surface area contributed by atoms with Crippen molar-refractivity contribution in [1.29, 1.82) is 0 Å². The first-order chi connectivity index (χ1) is 9.76. The van der Waals surface area contributed by atoms with E-state index in [1.54, 1.807) is 6.20 Å². The lowest BCUT2D eigenvalue weighted by Crippen LogP contribution is -2.04. The molecule has 0 unspecified atom stereocenters. The molecule has 20 heavy (non-hydrogen) atoms. The molecule has 0 aliphatic heterocycles. The van der Waals surface area contributed by atoms with Crippen molar-refractivity contribution in [2.45, 2.75) is 39.2 Å². The van der Waals surface area contributed by atoms with E-state index in [-0.39, 0.29) is 0 Å². The number of fused-ring (bicyclic) bond motifs is 1. The predicted octanol–water partition coefficient (Wildman–Crippen LogP) is 2.91. The first-order valence-corrected chi connectivity index (χ1v) is 7.08. The Hall–Kier alpha value is -1.94. The minimum atomic E-state index is 0.385. The summed E-state index contributed by atoms with van der Waals surface area (Å²) in [6.07, 6.45) is 6.60. The van der Waals surface area contributed by atoms with E-state index in [2.05, 4.69) is 22.1 Å². The van der Waals surface area contributed by atoms with Gasteiger partial charge in [0.05, 0.1) is 0 Å². The van der Waals surface area contributed by atoms with Crippen LogP contribution < -0.4 is 10.5 Å². The molecule has 104 valence electrons. The monoisotopic (exact) mass is 269 g/mol. The van der Waals surface area contributed by atoms with Gasteiger partial charge in [0, 0.05) is 24.0 Å². The van der Waals surface area contributed by atoms with Crippen LogP contribution in [0.2, 0.25) is 0 Å². The molecule has 4 heteroatoms. The van der Waals surface area contributed by atoms with Crippen LogP contribution in [0.1, 0.15) is 35.2 Å². The van der Waals surface area contributed by atoms with Crippen molar-refractivity contribution in [1.82, 2.24) is 9.97 Å². The van der Waals surface area contributed by atoms with Gasteiger partial charge in [0.25, 0.3) is 0 Å². The molecule has 2 N–H and O–H groups in total. The molecule has 0 radical (unpaired) electrons. The molecule has 1 aliphatic carbocycles. The van der Waals surface area contributed by atoms with Gasteiger partial charge in [-0.05, 0) is 55.9 Å². The second kappa shape index (κ2) is 5.59. The van der Waals surface area contributed by atoms with Gasteiger partial charge in [-0.1, -0.05) is 6.07 Å². The van der Waals surface area contributed by atoms with Crippen LogP contribution in [0.4, 0.5) is 0 Å². The van der Waals surface area contributed by atoms with Gasteiger partial charge in [0.1, 0.15) is 5.75 Å². The van der Waals surface area contributed by atoms with E-state index in [9.17, 15) is 0 Å². The fourth-order valence-corrected chi connectivity index (χ4v) is 2.60. The standard InChI is InChI=1S/C16H19N3O/c1-11-14(9-17)10-18-16(19-11)20-15-7-6-12-4-2-3-5-13(12)8-15/h6-8,10H,2-5,9,17H2,1H3. The summed E-state index contributed by atoms with van der Waals surface area (Å²) in [6, 6.07) is 6.66. The Labute approximate surface area is 119 Å². The molecular formula is C16H19N3O. The number of benzene rings is 1. The number of rotatable bonds is 3. The van der Waals surface area contributed by atoms with Crippen molar-refractivity contribution < 1.29 is 4.74 Å². The average Bonchev–Trinajstić information content (AvgIpc) is 2.47. The van der Waals surface area contributed by atoms with Crippen molar-refractivity contribution in [2.75, 3.05) is 0 Å². The van der Waals surface area contributed by atoms with E-state index < -0.39 is 0 Å². The summed E-state index contributed by atoms with van der Waals surface area (Å²) in [5.74, 6) is 0.811. The maximum absolute atomic E-state index is 5.76. The summed E-state index contributed by atoms with van der Waals surface area (Å²) >= 11 is 0. The number of ether oxygens (including phenoxy) is 1. The molecule has 2 aromatic rings. The minimum absolute atomic E-state index is 0.385. The van der Waals surface area contributed by atoms with Crippen LogP contribution in [-0.2, 0) is 19.4 Å². The third kappa shape index (κ3) is 2.65. The number of aryl methyl sites for hydroxylation is 3. The quantitative estimate of drug-likeness (QED) is 0.930. The molecule has 0 saturated heterocycles. The Kier molecular flexibility index (Phi) is 3.65. The van der Waals surface area contributed by atoms with Gasteiger partial charge in [0.2, 0.25) is 0 Å². The molecular weight excluding hydrogens is 250 g/mol. The van der Waals surface area contributed by atoms with Gasteiger partial charge in [-0.3, -0.25) is 0 Å². The molecule has 0 bridgehead atoms. The molecule has 0 spiro atoms. The van der Waals surface area contributed by atoms with Crippen LogP contribution in [0.3, 0.4) is 0 Å². The fourth-order valence-electron chi connectivity index (χ4n) is 2.60. The Balaban J connectivity index is 1.82. The second-order valence-corrected chi connectivity index (χ2v) is 5.21. The van der Waals surface area contributed by atoms with E-state index >= 15 is 0 Å². The van der Waals surface area contributed by atoms with E-state index in [1.165, 1.54) is 30.4 Å². The zero-order valence-electron chi connectivity index (χ0n) is 11.7. The van der Waals surface area contributed by atoms with Crippen LogP contribution in [0.5, 0.6) is 11.8 Å². The van der Waals surface area contributed by atoms with E-state index in [0.717, 1.165) is 23.4 Å². The van der Waals surface area contributed by atoms with Gasteiger partial charge in [-0.25, -0.2) is 4.98 Å². The normalized spacial score (nSPS) is 13.9. The zero-order valence-corrected chi connectivity index (χ0v) is 11.7. The van der Waals surface area contributed by atoms with Crippen LogP contribution in [0.15, 0.2) is 24.4 Å². The Morgan fingerprint density at radius 3 is 2.75 bits per heavy atom. The molecule has 3 rings (SSSR count). The number of hydrogen-bond acceptors (Lipinski definition) is 4. The van der Waals surface area contributed by atoms with Crippen molar-refractivity contribution in [2.24, 2.45) is 5.73 Å². The summed E-state index contributed by atoms with van der Waals surface area (Å²) in [4.78, 5) is 8.54. The SMILES string of the molecule is Cc1nc(Oc2ccc3c(c2)CCCC3)ncc1CN. The molecule has 4 nitrogen and oxygen atoms in total. The summed E-state index contributed by atoms with van der Waals surface area (Å²) < 4.78 is 5.76. The van der Waals surface area contributed by atoms with Gasteiger partial charge in [-0.2, -0.15) is 4.98 Å². The molecule has 0 amide bonds. The highest BCUT2D eigenvalue weighted by molar-refractivity contribution is 5.38. The second-order valence-electron chi connectivity index (χ2n) is 5.21. The highest BCUT2D eigenvalue weighted by Crippen LogP contribution is 2.27. The number of hydrogen-bond donors (Lipinski definition) is 1. The minimum Gasteiger partial charge on any atom is -0.424 e. The Bertz CT molecular complexity index is 625. The first kappa shape index (κ1) is 13.1. The third-order valence-electron chi connectivity index (χ3n) is 3.81. The number of aromatic nitrogens is 2. The highest BCUT2D eigenvalue weighted by atomic mass is 16.5. The lowest BCUT2D eigenvalue weighted by Gasteiger charge is -2.16. The van der Waals surface area contributed by atoms with Gasteiger partial charge in [0.15, 0.2) is 0 Å². The Morgan fingerprint density at radius 1 is 1.20 bits per heavy atom. The molecule has 0 atom stereocenters. The van der Waals surface area contributed by atoms with Crippen LogP contribution in [0.25, 0.3) is 0 Å². The van der Waals surface area contributed by atoms with Gasteiger partial charge in [-0.15, -0.1) is 0 Å². The van der Waals surface area contributed by atoms with Crippen molar-refractivity contribution >= 4 is 0 Å². The summed E-state index contributed by atoms with van der Waals surface area (Å²) in [5.41, 5.74) is 10.3. The highest BCUT2D eigenvalue weighted by Gasteiger charge is 2.11. The van der Waals surface area contributed by atoms with E-state index in [0.29, 0.717) is 12.6 Å². The van der Waals surface area contributed by atoms with Crippen molar-refractivity contribution in [3.05, 3.63) is 46.8 Å². The smallest absolute Gasteiger partial charge is 0.322 e. The van der Waals surface area contributed by atoms with E-state index in [1.807, 2.05) is 13.0 Å². The topological polar surface area (TPSA) is 61.0 Å². The predicted molar refractivity (Wildman–Crippen MR) is 77.8 cm³/mol. The molecule has 1 aromatic carbocycles. The average molecular weight is 269 g/mol.